The van der Waals surface area contributed by atoms with Gasteiger partial charge in [-0.3, -0.25) is 4.79 Å². The smallest absolute Gasteiger partial charge is 0.310 e. The lowest BCUT2D eigenvalue weighted by Crippen LogP contribution is -2.08. The molecule has 0 spiro atoms. The first kappa shape index (κ1) is 30.7. The monoisotopic (exact) mass is 472 g/mol. The number of carbonyl (C=O) groups is 1. The molecule has 0 heterocycles. The summed E-state index contributed by atoms with van der Waals surface area (Å²) in [7, 11) is 0. The predicted octanol–water partition coefficient (Wildman–Crippen LogP) is 10.4. The first-order valence-electron chi connectivity index (χ1n) is 15.0. The molecule has 0 atom stereocenters. The molecule has 196 valence electrons. The Kier molecular flexibility index (Phi) is 22.4. The van der Waals surface area contributed by atoms with Crippen molar-refractivity contribution in [2.45, 2.75) is 155 Å². The van der Waals surface area contributed by atoms with Crippen molar-refractivity contribution in [3.63, 3.8) is 0 Å². The maximum Gasteiger partial charge on any atom is 0.310 e. The minimum Gasteiger partial charge on any atom is -0.465 e. The van der Waals surface area contributed by atoms with Crippen molar-refractivity contribution in [2.75, 3.05) is 6.61 Å². The summed E-state index contributed by atoms with van der Waals surface area (Å²) in [4.78, 5) is 11.8. The van der Waals surface area contributed by atoms with Crippen molar-refractivity contribution >= 4 is 5.97 Å². The van der Waals surface area contributed by atoms with Gasteiger partial charge in [-0.15, -0.1) is 0 Å². The van der Waals surface area contributed by atoms with E-state index >= 15 is 0 Å². The van der Waals surface area contributed by atoms with Crippen LogP contribution in [0.15, 0.2) is 30.3 Å². The standard InChI is InChI=1S/C32H56O2/c1-2-3-4-5-6-7-8-9-10-11-12-13-14-15-16-17-18-19-20-21-22-26-29-34-32(33)30-31-27-24-23-25-28-31/h23-25,27-28H,2-22,26,29-30H2,1H3. The Morgan fingerprint density at radius 3 is 1.26 bits per heavy atom. The summed E-state index contributed by atoms with van der Waals surface area (Å²) in [5, 5.41) is 0. The fraction of sp³-hybridized carbons (Fsp3) is 0.781. The second-order valence-electron chi connectivity index (χ2n) is 10.3. The highest BCUT2D eigenvalue weighted by molar-refractivity contribution is 5.72. The van der Waals surface area contributed by atoms with Gasteiger partial charge in [0, 0.05) is 0 Å². The minimum atomic E-state index is -0.102. The Bertz CT molecular complexity index is 539. The van der Waals surface area contributed by atoms with E-state index in [9.17, 15) is 4.79 Å². The second kappa shape index (κ2) is 24.8. The molecule has 0 bridgehead atoms. The molecule has 0 fully saturated rings. The molecule has 0 unspecified atom stereocenters. The number of benzene rings is 1. The van der Waals surface area contributed by atoms with Gasteiger partial charge in [-0.2, -0.15) is 0 Å². The van der Waals surface area contributed by atoms with Gasteiger partial charge in [0.15, 0.2) is 0 Å². The van der Waals surface area contributed by atoms with Crippen LogP contribution in [0.2, 0.25) is 0 Å². The molecule has 2 nitrogen and oxygen atoms in total. The zero-order valence-electron chi connectivity index (χ0n) is 22.7. The van der Waals surface area contributed by atoms with E-state index in [1.54, 1.807) is 0 Å². The average molecular weight is 473 g/mol. The molecule has 2 heteroatoms. The number of unbranched alkanes of at least 4 members (excludes halogenated alkanes) is 21. The molecule has 0 saturated carbocycles. The zero-order chi connectivity index (χ0) is 24.4. The number of esters is 1. The number of hydrogen-bond donors (Lipinski definition) is 0. The zero-order valence-corrected chi connectivity index (χ0v) is 22.7. The fourth-order valence-corrected chi connectivity index (χ4v) is 4.71. The lowest BCUT2D eigenvalue weighted by molar-refractivity contribution is -0.142. The first-order chi connectivity index (χ1) is 16.8. The van der Waals surface area contributed by atoms with Gasteiger partial charge in [-0.05, 0) is 12.0 Å². The molecule has 34 heavy (non-hydrogen) atoms. The highest BCUT2D eigenvalue weighted by Gasteiger charge is 2.04. The SMILES string of the molecule is CCCCCCCCCCCCCCCCCCCCCCCCOC(=O)Cc1ccccc1. The van der Waals surface area contributed by atoms with Crippen LogP contribution in [0.25, 0.3) is 0 Å². The van der Waals surface area contributed by atoms with Crippen LogP contribution in [-0.4, -0.2) is 12.6 Å². The number of hydrogen-bond acceptors (Lipinski definition) is 2. The lowest BCUT2D eigenvalue weighted by Gasteiger charge is -2.05. The summed E-state index contributed by atoms with van der Waals surface area (Å²) in [5.41, 5.74) is 1.03. The van der Waals surface area contributed by atoms with Crippen LogP contribution >= 0.6 is 0 Å². The van der Waals surface area contributed by atoms with Crippen LogP contribution in [0.3, 0.4) is 0 Å². The van der Waals surface area contributed by atoms with Crippen molar-refractivity contribution in [2.24, 2.45) is 0 Å². The van der Waals surface area contributed by atoms with Gasteiger partial charge in [0.05, 0.1) is 13.0 Å². The molecule has 0 aliphatic carbocycles. The van der Waals surface area contributed by atoms with Gasteiger partial charge in [-0.25, -0.2) is 0 Å². The topological polar surface area (TPSA) is 26.3 Å². The number of ether oxygens (including phenoxy) is 1. The third kappa shape index (κ3) is 21.2. The van der Waals surface area contributed by atoms with E-state index < -0.39 is 0 Å². The molecule has 1 rings (SSSR count). The van der Waals surface area contributed by atoms with Gasteiger partial charge in [0.25, 0.3) is 0 Å². The molecule has 0 radical (unpaired) electrons. The summed E-state index contributed by atoms with van der Waals surface area (Å²) in [6, 6.07) is 9.84. The number of rotatable bonds is 25. The van der Waals surface area contributed by atoms with Crippen LogP contribution in [0.1, 0.15) is 154 Å². The normalized spacial score (nSPS) is 11.1. The lowest BCUT2D eigenvalue weighted by atomic mass is 10.0. The van der Waals surface area contributed by atoms with Crippen molar-refractivity contribution in [3.05, 3.63) is 35.9 Å². The predicted molar refractivity (Wildman–Crippen MR) is 148 cm³/mol. The van der Waals surface area contributed by atoms with Crippen LogP contribution in [0.5, 0.6) is 0 Å². The minimum absolute atomic E-state index is 0.102. The summed E-state index contributed by atoms with van der Waals surface area (Å²) < 4.78 is 5.35. The van der Waals surface area contributed by atoms with Gasteiger partial charge >= 0.3 is 5.97 Å². The fourth-order valence-electron chi connectivity index (χ4n) is 4.71. The summed E-state index contributed by atoms with van der Waals surface area (Å²) >= 11 is 0. The summed E-state index contributed by atoms with van der Waals surface area (Å²) in [6.45, 7) is 2.87. The third-order valence-corrected chi connectivity index (χ3v) is 6.95. The molecule has 0 aliphatic heterocycles. The van der Waals surface area contributed by atoms with E-state index in [0.29, 0.717) is 13.0 Å². The molecule has 1 aromatic carbocycles. The first-order valence-corrected chi connectivity index (χ1v) is 15.0. The molecule has 0 N–H and O–H groups in total. The largest absolute Gasteiger partial charge is 0.465 e. The Balaban J connectivity index is 1.69. The summed E-state index contributed by atoms with van der Waals surface area (Å²) in [6.07, 6.45) is 31.0. The third-order valence-electron chi connectivity index (χ3n) is 6.95. The molecule has 0 saturated heterocycles. The van der Waals surface area contributed by atoms with Crippen LogP contribution < -0.4 is 0 Å². The van der Waals surface area contributed by atoms with Gasteiger partial charge < -0.3 is 4.74 Å². The molecule has 0 aliphatic rings. The van der Waals surface area contributed by atoms with Crippen molar-refractivity contribution in [3.8, 4) is 0 Å². The maximum atomic E-state index is 11.8. The Labute approximate surface area is 212 Å². The van der Waals surface area contributed by atoms with Crippen molar-refractivity contribution in [1.82, 2.24) is 0 Å². The molecule has 0 amide bonds. The Morgan fingerprint density at radius 1 is 0.529 bits per heavy atom. The molecule has 1 aromatic rings. The van der Waals surface area contributed by atoms with Crippen molar-refractivity contribution in [1.29, 1.82) is 0 Å². The van der Waals surface area contributed by atoms with Crippen molar-refractivity contribution < 1.29 is 9.53 Å². The van der Waals surface area contributed by atoms with Crippen LogP contribution in [0.4, 0.5) is 0 Å². The van der Waals surface area contributed by atoms with E-state index in [4.69, 9.17) is 4.74 Å². The Hall–Kier alpha value is -1.31. The Morgan fingerprint density at radius 2 is 0.882 bits per heavy atom. The van der Waals surface area contributed by atoms with Gasteiger partial charge in [0.2, 0.25) is 0 Å². The highest BCUT2D eigenvalue weighted by Crippen LogP contribution is 2.15. The number of carbonyl (C=O) groups excluding carboxylic acids is 1. The molecular formula is C32H56O2. The summed E-state index contributed by atoms with van der Waals surface area (Å²) in [5.74, 6) is -0.102. The quantitative estimate of drug-likeness (QED) is 0.104. The van der Waals surface area contributed by atoms with E-state index in [-0.39, 0.29) is 5.97 Å². The van der Waals surface area contributed by atoms with E-state index in [0.717, 1.165) is 12.0 Å². The van der Waals surface area contributed by atoms with Crippen LogP contribution in [0, 0.1) is 0 Å². The molecular weight excluding hydrogens is 416 g/mol. The molecule has 0 aromatic heterocycles. The van der Waals surface area contributed by atoms with Gasteiger partial charge in [0.1, 0.15) is 0 Å². The maximum absolute atomic E-state index is 11.8. The van der Waals surface area contributed by atoms with E-state index in [1.807, 2.05) is 30.3 Å². The average Bonchev–Trinajstić information content (AvgIpc) is 2.85. The van der Waals surface area contributed by atoms with Gasteiger partial charge in [-0.1, -0.05) is 172 Å². The second-order valence-corrected chi connectivity index (χ2v) is 10.3. The van der Waals surface area contributed by atoms with E-state index in [2.05, 4.69) is 6.92 Å². The highest BCUT2D eigenvalue weighted by atomic mass is 16.5. The van der Waals surface area contributed by atoms with E-state index in [1.165, 1.54) is 135 Å². The van der Waals surface area contributed by atoms with Crippen LogP contribution in [-0.2, 0) is 16.0 Å².